The number of thiazole rings is 1. The molecule has 5 heterocycles. The Bertz CT molecular complexity index is 1710. The Morgan fingerprint density at radius 3 is 2.89 bits per heavy atom. The fourth-order valence-corrected chi connectivity index (χ4v) is 6.70. The molecule has 0 fully saturated rings. The summed E-state index contributed by atoms with van der Waals surface area (Å²) in [7, 11) is 0. The van der Waals surface area contributed by atoms with Crippen molar-refractivity contribution in [1.29, 1.82) is 0 Å². The van der Waals surface area contributed by atoms with Crippen LogP contribution >= 0.6 is 11.3 Å². The number of pyridine rings is 2. The summed E-state index contributed by atoms with van der Waals surface area (Å²) < 4.78 is 0. The van der Waals surface area contributed by atoms with Gasteiger partial charge in [-0.1, -0.05) is 12.1 Å². The van der Waals surface area contributed by atoms with Gasteiger partial charge in [0.1, 0.15) is 11.6 Å². The molecule has 1 unspecified atom stereocenters. The molecule has 1 spiro atoms. The van der Waals surface area contributed by atoms with Crippen LogP contribution in [0, 0.1) is 0 Å². The number of hydrogen-bond donors (Lipinski definition) is 4. The highest BCUT2D eigenvalue weighted by molar-refractivity contribution is 7.15. The third kappa shape index (κ3) is 3.58. The van der Waals surface area contributed by atoms with Gasteiger partial charge >= 0.3 is 0 Å². The van der Waals surface area contributed by atoms with E-state index in [0.717, 1.165) is 32.9 Å². The van der Waals surface area contributed by atoms with Crippen molar-refractivity contribution in [3.8, 4) is 0 Å². The number of nitrogen functional groups attached to an aromatic ring is 1. The second-order valence-corrected chi connectivity index (χ2v) is 11.1. The number of aromatic nitrogens is 3. The van der Waals surface area contributed by atoms with Gasteiger partial charge in [0.25, 0.3) is 5.91 Å². The van der Waals surface area contributed by atoms with Crippen LogP contribution in [0.4, 0.5) is 22.5 Å². The lowest BCUT2D eigenvalue weighted by Gasteiger charge is -2.26. The maximum absolute atomic E-state index is 13.3. The minimum Gasteiger partial charge on any atom is -0.375 e. The van der Waals surface area contributed by atoms with Crippen LogP contribution in [0.2, 0.25) is 0 Å². The first-order valence-electron chi connectivity index (χ1n) is 12.3. The van der Waals surface area contributed by atoms with Crippen LogP contribution in [0.1, 0.15) is 37.6 Å². The Morgan fingerprint density at radius 2 is 2.00 bits per heavy atom. The van der Waals surface area contributed by atoms with Crippen molar-refractivity contribution in [2.45, 2.75) is 31.2 Å². The molecule has 0 bridgehead atoms. The number of hydrogen-bond acceptors (Lipinski definition) is 8. The minimum absolute atomic E-state index is 0.0293. The summed E-state index contributed by atoms with van der Waals surface area (Å²) in [4.78, 5) is 52.8. The van der Waals surface area contributed by atoms with Crippen LogP contribution in [0.5, 0.6) is 0 Å². The summed E-state index contributed by atoms with van der Waals surface area (Å²) in [5.41, 5.74) is 9.91. The molecule has 0 saturated heterocycles. The highest BCUT2D eigenvalue weighted by atomic mass is 32.1. The van der Waals surface area contributed by atoms with Crippen molar-refractivity contribution in [2.24, 2.45) is 0 Å². The van der Waals surface area contributed by atoms with Gasteiger partial charge in [-0.3, -0.25) is 14.4 Å². The molecule has 5 N–H and O–H groups in total. The van der Waals surface area contributed by atoms with Crippen LogP contribution < -0.4 is 21.9 Å². The molecule has 1 atom stereocenters. The van der Waals surface area contributed by atoms with Crippen LogP contribution in [0.3, 0.4) is 0 Å². The summed E-state index contributed by atoms with van der Waals surface area (Å²) in [6, 6.07) is 12.7. The SMILES string of the molecule is Nc1nc2c(s1)CN(C(=O)c1cc(Nc3ccc4c(c3)CC3(C4)C(=O)Nc4ncccc43)[nH]c(=O)c1)CC2. The fraction of sp³-hybridized carbons (Fsp3) is 0.222. The maximum Gasteiger partial charge on any atom is 0.254 e. The summed E-state index contributed by atoms with van der Waals surface area (Å²) in [6.07, 6.45) is 3.49. The van der Waals surface area contributed by atoms with Gasteiger partial charge in [-0.15, -0.1) is 11.3 Å². The molecule has 2 amide bonds. The topological polar surface area (TPSA) is 146 Å². The number of nitrogens with one attached hydrogen (secondary N) is 3. The normalized spacial score (nSPS) is 19.2. The average molecular weight is 526 g/mol. The monoisotopic (exact) mass is 525 g/mol. The number of fused-ring (bicyclic) bond motifs is 4. The molecular weight excluding hydrogens is 502 g/mol. The predicted octanol–water partition coefficient (Wildman–Crippen LogP) is 2.74. The number of nitrogens with two attached hydrogens (primary N) is 1. The lowest BCUT2D eigenvalue weighted by Crippen LogP contribution is -2.36. The van der Waals surface area contributed by atoms with Crippen molar-refractivity contribution in [3.05, 3.63) is 91.8 Å². The largest absolute Gasteiger partial charge is 0.375 e. The van der Waals surface area contributed by atoms with E-state index in [4.69, 9.17) is 5.73 Å². The van der Waals surface area contributed by atoms with Gasteiger partial charge in [0.15, 0.2) is 5.13 Å². The van der Waals surface area contributed by atoms with Gasteiger partial charge in [0.2, 0.25) is 11.5 Å². The number of nitrogens with zero attached hydrogens (tertiary/aromatic N) is 3. The number of H-pyrrole nitrogens is 1. The van der Waals surface area contributed by atoms with Crippen LogP contribution in [-0.4, -0.2) is 38.2 Å². The molecule has 11 heteroatoms. The van der Waals surface area contributed by atoms with Crippen molar-refractivity contribution in [1.82, 2.24) is 19.9 Å². The van der Waals surface area contributed by atoms with Gasteiger partial charge in [-0.05, 0) is 48.2 Å². The summed E-state index contributed by atoms with van der Waals surface area (Å²) in [6.45, 7) is 0.945. The van der Waals surface area contributed by atoms with E-state index in [1.807, 2.05) is 30.3 Å². The Hall–Kier alpha value is -4.51. The molecule has 7 rings (SSSR count). The highest BCUT2D eigenvalue weighted by Gasteiger charge is 2.51. The number of anilines is 4. The molecule has 190 valence electrons. The molecule has 2 aliphatic heterocycles. The first kappa shape index (κ1) is 22.7. The minimum atomic E-state index is -0.651. The van der Waals surface area contributed by atoms with Crippen molar-refractivity contribution < 1.29 is 9.59 Å². The zero-order valence-corrected chi connectivity index (χ0v) is 21.0. The van der Waals surface area contributed by atoms with Gasteiger partial charge in [0, 0.05) is 46.9 Å². The van der Waals surface area contributed by atoms with E-state index >= 15 is 0 Å². The third-order valence-corrected chi connectivity index (χ3v) is 8.50. The number of carbonyl (C=O) groups excluding carboxylic acids is 2. The molecule has 3 aromatic heterocycles. The lowest BCUT2D eigenvalue weighted by molar-refractivity contribution is -0.120. The molecular formula is C27H23N7O3S. The molecule has 3 aliphatic rings. The lowest BCUT2D eigenvalue weighted by atomic mass is 9.79. The molecule has 0 radical (unpaired) electrons. The number of benzene rings is 1. The molecule has 4 aromatic rings. The molecule has 1 aromatic carbocycles. The number of amides is 2. The summed E-state index contributed by atoms with van der Waals surface area (Å²) in [5, 5.41) is 6.66. The Labute approximate surface area is 220 Å². The summed E-state index contributed by atoms with van der Waals surface area (Å²) >= 11 is 1.39. The summed E-state index contributed by atoms with van der Waals surface area (Å²) in [5.74, 6) is 0.804. The number of rotatable bonds is 3. The zero-order valence-electron chi connectivity index (χ0n) is 20.2. The van der Waals surface area contributed by atoms with Crippen molar-refractivity contribution in [3.63, 3.8) is 0 Å². The van der Waals surface area contributed by atoms with E-state index < -0.39 is 5.41 Å². The van der Waals surface area contributed by atoms with E-state index in [0.29, 0.717) is 54.7 Å². The van der Waals surface area contributed by atoms with E-state index in [9.17, 15) is 14.4 Å². The smallest absolute Gasteiger partial charge is 0.254 e. The first-order valence-corrected chi connectivity index (χ1v) is 13.1. The second-order valence-electron chi connectivity index (χ2n) is 9.94. The van der Waals surface area contributed by atoms with Gasteiger partial charge in [-0.25, -0.2) is 9.97 Å². The van der Waals surface area contributed by atoms with Crippen LogP contribution in [0.15, 0.2) is 53.5 Å². The van der Waals surface area contributed by atoms with E-state index in [-0.39, 0.29) is 17.4 Å². The molecule has 1 aliphatic carbocycles. The van der Waals surface area contributed by atoms with Crippen LogP contribution in [-0.2, 0) is 36.0 Å². The Morgan fingerprint density at radius 1 is 1.13 bits per heavy atom. The van der Waals surface area contributed by atoms with Gasteiger partial charge in [0.05, 0.1) is 17.7 Å². The average Bonchev–Trinajstić information content (AvgIpc) is 3.55. The van der Waals surface area contributed by atoms with Gasteiger partial charge < -0.3 is 26.3 Å². The zero-order chi connectivity index (χ0) is 26.0. The fourth-order valence-electron chi connectivity index (χ4n) is 5.81. The second kappa shape index (κ2) is 8.25. The third-order valence-electron chi connectivity index (χ3n) is 7.59. The molecule has 0 saturated carbocycles. The highest BCUT2D eigenvalue weighted by Crippen LogP contribution is 2.47. The molecule has 38 heavy (non-hydrogen) atoms. The Balaban J connectivity index is 1.13. The van der Waals surface area contributed by atoms with E-state index in [2.05, 4.69) is 25.6 Å². The van der Waals surface area contributed by atoms with E-state index in [1.165, 1.54) is 17.4 Å². The van der Waals surface area contributed by atoms with E-state index in [1.54, 1.807) is 17.2 Å². The number of carbonyl (C=O) groups is 2. The molecule has 10 nitrogen and oxygen atoms in total. The predicted molar refractivity (Wildman–Crippen MR) is 144 cm³/mol. The quantitative estimate of drug-likeness (QED) is 0.322. The first-order chi connectivity index (χ1) is 18.4. The van der Waals surface area contributed by atoms with Crippen LogP contribution in [0.25, 0.3) is 0 Å². The maximum atomic E-state index is 13.3. The number of aromatic amines is 1. The van der Waals surface area contributed by atoms with Crippen molar-refractivity contribution in [2.75, 3.05) is 22.9 Å². The van der Waals surface area contributed by atoms with Crippen molar-refractivity contribution >= 4 is 45.6 Å². The Kier molecular flexibility index (Phi) is 4.92. The van der Waals surface area contributed by atoms with Gasteiger partial charge in [-0.2, -0.15) is 0 Å². The standard InChI is InChI=1S/C27H23N7O3S/c28-26-31-19-5-7-34(13-20(19)38-26)24(36)15-9-21(32-22(35)10-15)30-17-4-3-14-11-27(12-16(14)8-17)18-2-1-6-29-23(18)33-25(27)37/h1-4,6,8-10H,5,7,11-13H2,(H2,28,31)(H,29,33,37)(H2,30,32,35).